The molecule has 2 aromatic rings. The third-order valence-electron chi connectivity index (χ3n) is 1.74. The van der Waals surface area contributed by atoms with Crippen LogP contribution in [0.15, 0.2) is 18.3 Å². The van der Waals surface area contributed by atoms with Crippen LogP contribution >= 0.6 is 0 Å². The lowest BCUT2D eigenvalue weighted by atomic mass is 10.4. The second kappa shape index (κ2) is 2.85. The summed E-state index contributed by atoms with van der Waals surface area (Å²) in [4.78, 5) is 10.5. The van der Waals surface area contributed by atoms with Crippen molar-refractivity contribution in [2.24, 2.45) is 0 Å². The van der Waals surface area contributed by atoms with Crippen LogP contribution in [0.4, 0.5) is 0 Å². The van der Waals surface area contributed by atoms with Gasteiger partial charge in [0.1, 0.15) is 5.75 Å². The van der Waals surface area contributed by atoms with E-state index >= 15 is 0 Å². The predicted octanol–water partition coefficient (Wildman–Crippen LogP) is 0.550. The molecule has 0 radical (unpaired) electrons. The monoisotopic (exact) mass is 177 g/mol. The third-order valence-corrected chi connectivity index (χ3v) is 1.74. The quantitative estimate of drug-likeness (QED) is 0.628. The highest BCUT2D eigenvalue weighted by atomic mass is 16.5. The Kier molecular flexibility index (Phi) is 1.70. The van der Waals surface area contributed by atoms with Crippen LogP contribution in [0.25, 0.3) is 5.65 Å². The minimum Gasteiger partial charge on any atom is -0.495 e. The first-order valence-corrected chi connectivity index (χ1v) is 3.69. The molecule has 0 saturated carbocycles. The zero-order chi connectivity index (χ0) is 9.26. The van der Waals surface area contributed by atoms with Gasteiger partial charge in [0.05, 0.1) is 13.3 Å². The van der Waals surface area contributed by atoms with Crippen LogP contribution in [0.2, 0.25) is 0 Å². The van der Waals surface area contributed by atoms with Gasteiger partial charge in [-0.05, 0) is 12.1 Å². The molecule has 0 unspecified atom stereocenters. The first-order valence-electron chi connectivity index (χ1n) is 3.69. The minimum atomic E-state index is 0.272. The molecule has 0 fully saturated rings. The number of hydrogen-bond donors (Lipinski definition) is 0. The lowest BCUT2D eigenvalue weighted by molar-refractivity contribution is 0.111. The normalized spacial score (nSPS) is 10.2. The molecule has 0 spiro atoms. The van der Waals surface area contributed by atoms with Crippen molar-refractivity contribution in [3.63, 3.8) is 0 Å². The van der Waals surface area contributed by atoms with Gasteiger partial charge < -0.3 is 4.74 Å². The van der Waals surface area contributed by atoms with E-state index in [-0.39, 0.29) is 5.82 Å². The number of methoxy groups -OCH3 is 1. The van der Waals surface area contributed by atoms with E-state index in [0.717, 1.165) is 0 Å². The average molecular weight is 177 g/mol. The van der Waals surface area contributed by atoms with Gasteiger partial charge in [0.2, 0.25) is 5.82 Å². The maximum absolute atomic E-state index is 10.5. The van der Waals surface area contributed by atoms with Gasteiger partial charge in [-0.2, -0.15) is 0 Å². The molecule has 0 saturated heterocycles. The largest absolute Gasteiger partial charge is 0.495 e. The van der Waals surface area contributed by atoms with E-state index in [1.54, 1.807) is 29.8 Å². The van der Waals surface area contributed by atoms with Crippen molar-refractivity contribution in [1.82, 2.24) is 14.6 Å². The van der Waals surface area contributed by atoms with Crippen molar-refractivity contribution in [3.8, 4) is 5.75 Å². The van der Waals surface area contributed by atoms with Gasteiger partial charge in [0.15, 0.2) is 11.9 Å². The number of fused-ring (bicyclic) bond motifs is 1. The number of pyridine rings is 1. The van der Waals surface area contributed by atoms with Gasteiger partial charge in [-0.25, -0.2) is 0 Å². The lowest BCUT2D eigenvalue weighted by Gasteiger charge is -1.99. The number of carbonyl (C=O) groups excluding carboxylic acids is 1. The minimum absolute atomic E-state index is 0.272. The van der Waals surface area contributed by atoms with E-state index in [2.05, 4.69) is 10.2 Å². The number of aldehydes is 1. The first-order chi connectivity index (χ1) is 6.35. The fraction of sp³-hybridized carbons (Fsp3) is 0.125. The molecule has 0 atom stereocenters. The molecule has 2 heterocycles. The van der Waals surface area contributed by atoms with Gasteiger partial charge in [0.25, 0.3) is 0 Å². The Morgan fingerprint density at radius 2 is 2.31 bits per heavy atom. The number of aromatic nitrogens is 3. The fourth-order valence-electron chi connectivity index (χ4n) is 1.09. The maximum Gasteiger partial charge on any atom is 0.201 e. The molecule has 0 aliphatic rings. The molecule has 2 aromatic heterocycles. The molecule has 5 heteroatoms. The van der Waals surface area contributed by atoms with Crippen LogP contribution in [0, 0.1) is 0 Å². The number of carbonyl (C=O) groups is 1. The summed E-state index contributed by atoms with van der Waals surface area (Å²) in [6.45, 7) is 0. The van der Waals surface area contributed by atoms with Crippen molar-refractivity contribution < 1.29 is 9.53 Å². The summed E-state index contributed by atoms with van der Waals surface area (Å²) in [5.74, 6) is 0.935. The Labute approximate surface area is 74.0 Å². The Hall–Kier alpha value is -1.91. The molecule has 5 nitrogen and oxygen atoms in total. The van der Waals surface area contributed by atoms with E-state index in [9.17, 15) is 4.79 Å². The van der Waals surface area contributed by atoms with Crippen LogP contribution in [-0.2, 0) is 0 Å². The van der Waals surface area contributed by atoms with Crippen molar-refractivity contribution in [2.45, 2.75) is 0 Å². The van der Waals surface area contributed by atoms with Crippen molar-refractivity contribution in [1.29, 1.82) is 0 Å². The summed E-state index contributed by atoms with van der Waals surface area (Å²) in [6.07, 6.45) is 2.32. The molecule has 2 rings (SSSR count). The van der Waals surface area contributed by atoms with Gasteiger partial charge in [-0.3, -0.25) is 9.20 Å². The molecule has 0 amide bonds. The molecule has 0 aromatic carbocycles. The standard InChI is InChI=1S/C8H7N3O2/c1-13-6-2-3-7-9-10-8(5-12)11(7)4-6/h2-5H,1H3. The van der Waals surface area contributed by atoms with Crippen molar-refractivity contribution in [2.75, 3.05) is 7.11 Å². The molecule has 66 valence electrons. The van der Waals surface area contributed by atoms with Crippen molar-refractivity contribution >= 4 is 11.9 Å². The Morgan fingerprint density at radius 3 is 3.00 bits per heavy atom. The van der Waals surface area contributed by atoms with Crippen LogP contribution in [0.3, 0.4) is 0 Å². The lowest BCUT2D eigenvalue weighted by Crippen LogP contribution is -1.93. The summed E-state index contributed by atoms with van der Waals surface area (Å²) in [5.41, 5.74) is 0.628. The molecule has 0 bridgehead atoms. The molecule has 13 heavy (non-hydrogen) atoms. The average Bonchev–Trinajstić information content (AvgIpc) is 2.59. The van der Waals surface area contributed by atoms with Crippen LogP contribution in [-0.4, -0.2) is 28.0 Å². The number of nitrogens with zero attached hydrogens (tertiary/aromatic N) is 3. The van der Waals surface area contributed by atoms with E-state index in [1.807, 2.05) is 0 Å². The zero-order valence-electron chi connectivity index (χ0n) is 6.97. The molecule has 0 aliphatic heterocycles. The summed E-state index contributed by atoms with van der Waals surface area (Å²) >= 11 is 0. The Bertz CT molecular complexity index is 450. The Balaban J connectivity index is 2.71. The summed E-state index contributed by atoms with van der Waals surface area (Å²) in [5, 5.41) is 7.47. The third kappa shape index (κ3) is 1.14. The molecule has 0 N–H and O–H groups in total. The smallest absolute Gasteiger partial charge is 0.201 e. The second-order valence-corrected chi connectivity index (χ2v) is 2.47. The fourth-order valence-corrected chi connectivity index (χ4v) is 1.09. The van der Waals surface area contributed by atoms with Crippen LogP contribution in [0.5, 0.6) is 5.75 Å². The van der Waals surface area contributed by atoms with Gasteiger partial charge >= 0.3 is 0 Å². The van der Waals surface area contributed by atoms with E-state index in [0.29, 0.717) is 17.7 Å². The van der Waals surface area contributed by atoms with Crippen LogP contribution < -0.4 is 4.74 Å². The first kappa shape index (κ1) is 7.72. The number of ether oxygens (including phenoxy) is 1. The zero-order valence-corrected chi connectivity index (χ0v) is 6.97. The van der Waals surface area contributed by atoms with Crippen molar-refractivity contribution in [3.05, 3.63) is 24.2 Å². The second-order valence-electron chi connectivity index (χ2n) is 2.47. The Morgan fingerprint density at radius 1 is 1.46 bits per heavy atom. The predicted molar refractivity (Wildman–Crippen MR) is 44.9 cm³/mol. The van der Waals surface area contributed by atoms with E-state index < -0.39 is 0 Å². The van der Waals surface area contributed by atoms with Gasteiger partial charge in [-0.1, -0.05) is 0 Å². The highest BCUT2D eigenvalue weighted by Crippen LogP contribution is 2.11. The summed E-state index contributed by atoms with van der Waals surface area (Å²) in [6, 6.07) is 3.50. The maximum atomic E-state index is 10.5. The number of hydrogen-bond acceptors (Lipinski definition) is 4. The highest BCUT2D eigenvalue weighted by molar-refractivity contribution is 5.70. The van der Waals surface area contributed by atoms with Gasteiger partial charge in [0, 0.05) is 0 Å². The van der Waals surface area contributed by atoms with E-state index in [4.69, 9.17) is 4.74 Å². The van der Waals surface area contributed by atoms with Gasteiger partial charge in [-0.15, -0.1) is 10.2 Å². The summed E-state index contributed by atoms with van der Waals surface area (Å²) in [7, 11) is 1.56. The highest BCUT2D eigenvalue weighted by Gasteiger charge is 2.03. The topological polar surface area (TPSA) is 56.5 Å². The van der Waals surface area contributed by atoms with Crippen LogP contribution in [0.1, 0.15) is 10.6 Å². The summed E-state index contributed by atoms with van der Waals surface area (Å²) < 4.78 is 6.57. The van der Waals surface area contributed by atoms with E-state index in [1.165, 1.54) is 0 Å². The molecular formula is C8H7N3O2. The molecule has 0 aliphatic carbocycles. The SMILES string of the molecule is COc1ccc2nnc(C=O)n2c1. The number of rotatable bonds is 2. The molecular weight excluding hydrogens is 170 g/mol.